The van der Waals surface area contributed by atoms with Crippen LogP contribution in [-0.4, -0.2) is 24.1 Å². The minimum atomic E-state index is -0.0768. The number of aryl methyl sites for hydroxylation is 2. The van der Waals surface area contributed by atoms with Crippen molar-refractivity contribution in [1.82, 2.24) is 29.4 Å². The zero-order valence-electron chi connectivity index (χ0n) is 12.1. The van der Waals surface area contributed by atoms with Crippen LogP contribution in [-0.2, 0) is 20.6 Å². The predicted octanol–water partition coefficient (Wildman–Crippen LogP) is 1.43. The second-order valence-electron chi connectivity index (χ2n) is 4.93. The maximum absolute atomic E-state index is 4.45. The fourth-order valence-electron chi connectivity index (χ4n) is 2.32. The first-order valence-corrected chi connectivity index (χ1v) is 6.83. The van der Waals surface area contributed by atoms with Crippen LogP contribution >= 0.6 is 0 Å². The highest BCUT2D eigenvalue weighted by atomic mass is 15.2. The van der Waals surface area contributed by atoms with Crippen molar-refractivity contribution in [3.05, 3.63) is 66.5 Å². The normalized spacial score (nSPS) is 11.2. The van der Waals surface area contributed by atoms with Crippen LogP contribution in [0.4, 0.5) is 0 Å². The van der Waals surface area contributed by atoms with Crippen molar-refractivity contribution in [2.24, 2.45) is 14.1 Å². The number of hydrogen-bond donors (Lipinski definition) is 1. The lowest BCUT2D eigenvalue weighted by Crippen LogP contribution is -2.27. The van der Waals surface area contributed by atoms with Crippen molar-refractivity contribution < 1.29 is 0 Å². The van der Waals surface area contributed by atoms with Crippen molar-refractivity contribution in [2.75, 3.05) is 0 Å². The van der Waals surface area contributed by atoms with Crippen molar-refractivity contribution in [2.45, 2.75) is 12.6 Å². The standard InChI is InChI=1S/C15H18N6/c1-20-9-7-17-14(20)13(15-18-8-10-21(15)2)19-11-12-5-3-4-6-16-12/h3-10,13,19H,11H2,1-2H3. The molecule has 0 aliphatic heterocycles. The molecule has 6 heteroatoms. The van der Waals surface area contributed by atoms with Crippen LogP contribution in [0.2, 0.25) is 0 Å². The third kappa shape index (κ3) is 2.85. The summed E-state index contributed by atoms with van der Waals surface area (Å²) >= 11 is 0. The zero-order valence-corrected chi connectivity index (χ0v) is 12.1. The quantitative estimate of drug-likeness (QED) is 0.769. The van der Waals surface area contributed by atoms with Crippen molar-refractivity contribution >= 4 is 0 Å². The third-order valence-corrected chi connectivity index (χ3v) is 3.45. The fraction of sp³-hybridized carbons (Fsp3) is 0.267. The van der Waals surface area contributed by atoms with Gasteiger partial charge in [-0.15, -0.1) is 0 Å². The van der Waals surface area contributed by atoms with Gasteiger partial charge < -0.3 is 9.13 Å². The Hall–Kier alpha value is -2.47. The maximum Gasteiger partial charge on any atom is 0.133 e. The van der Waals surface area contributed by atoms with E-state index in [4.69, 9.17) is 0 Å². The van der Waals surface area contributed by atoms with E-state index >= 15 is 0 Å². The summed E-state index contributed by atoms with van der Waals surface area (Å²) in [4.78, 5) is 13.2. The van der Waals surface area contributed by atoms with Gasteiger partial charge in [0.1, 0.15) is 17.7 Å². The number of rotatable bonds is 5. The molecular weight excluding hydrogens is 264 g/mol. The van der Waals surface area contributed by atoms with Gasteiger partial charge in [0.15, 0.2) is 0 Å². The summed E-state index contributed by atoms with van der Waals surface area (Å²) in [7, 11) is 3.97. The van der Waals surface area contributed by atoms with Gasteiger partial charge in [-0.25, -0.2) is 9.97 Å². The van der Waals surface area contributed by atoms with Crippen LogP contribution in [0.25, 0.3) is 0 Å². The third-order valence-electron chi connectivity index (χ3n) is 3.45. The number of hydrogen-bond acceptors (Lipinski definition) is 4. The van der Waals surface area contributed by atoms with E-state index in [0.29, 0.717) is 6.54 Å². The second kappa shape index (κ2) is 5.88. The molecule has 0 saturated carbocycles. The average molecular weight is 282 g/mol. The Kier molecular flexibility index (Phi) is 3.79. The minimum absolute atomic E-state index is 0.0768. The summed E-state index contributed by atoms with van der Waals surface area (Å²) < 4.78 is 4.01. The van der Waals surface area contributed by atoms with E-state index in [2.05, 4.69) is 20.3 Å². The van der Waals surface area contributed by atoms with Gasteiger partial charge in [0.25, 0.3) is 0 Å². The van der Waals surface area contributed by atoms with Gasteiger partial charge in [-0.3, -0.25) is 10.3 Å². The van der Waals surface area contributed by atoms with E-state index < -0.39 is 0 Å². The van der Waals surface area contributed by atoms with Gasteiger partial charge in [-0.05, 0) is 12.1 Å². The zero-order chi connectivity index (χ0) is 14.7. The van der Waals surface area contributed by atoms with E-state index in [-0.39, 0.29) is 6.04 Å². The Morgan fingerprint density at radius 1 is 0.952 bits per heavy atom. The van der Waals surface area contributed by atoms with E-state index in [1.54, 1.807) is 18.6 Å². The summed E-state index contributed by atoms with van der Waals surface area (Å²) in [6.45, 7) is 0.658. The molecule has 0 atom stereocenters. The molecule has 3 aromatic heterocycles. The smallest absolute Gasteiger partial charge is 0.133 e. The monoisotopic (exact) mass is 282 g/mol. The first-order chi connectivity index (χ1) is 10.3. The lowest BCUT2D eigenvalue weighted by atomic mass is 10.2. The molecule has 3 aromatic rings. The molecule has 0 unspecified atom stereocenters. The molecule has 0 aromatic carbocycles. The summed E-state index contributed by atoms with van der Waals surface area (Å²) in [6, 6.07) is 5.83. The maximum atomic E-state index is 4.45. The lowest BCUT2D eigenvalue weighted by Gasteiger charge is -2.18. The lowest BCUT2D eigenvalue weighted by molar-refractivity contribution is 0.515. The molecule has 1 N–H and O–H groups in total. The van der Waals surface area contributed by atoms with E-state index in [9.17, 15) is 0 Å². The summed E-state index contributed by atoms with van der Waals surface area (Å²) in [5, 5.41) is 3.49. The van der Waals surface area contributed by atoms with Crippen LogP contribution < -0.4 is 5.32 Å². The highest BCUT2D eigenvalue weighted by Crippen LogP contribution is 2.18. The number of nitrogens with zero attached hydrogens (tertiary/aromatic N) is 5. The van der Waals surface area contributed by atoms with Gasteiger partial charge >= 0.3 is 0 Å². The van der Waals surface area contributed by atoms with Crippen LogP contribution in [0, 0.1) is 0 Å². The predicted molar refractivity (Wildman–Crippen MR) is 79.3 cm³/mol. The molecule has 0 aliphatic rings. The minimum Gasteiger partial charge on any atom is -0.336 e. The Labute approximate surface area is 123 Å². The number of aromatic nitrogens is 5. The summed E-state index contributed by atoms with van der Waals surface area (Å²) in [5.41, 5.74) is 0.992. The fourth-order valence-corrected chi connectivity index (χ4v) is 2.32. The first-order valence-electron chi connectivity index (χ1n) is 6.83. The van der Waals surface area contributed by atoms with Gasteiger partial charge in [0.2, 0.25) is 0 Å². The van der Waals surface area contributed by atoms with Crippen molar-refractivity contribution in [3.8, 4) is 0 Å². The average Bonchev–Trinajstić information content (AvgIpc) is 3.11. The topological polar surface area (TPSA) is 60.6 Å². The summed E-state index contributed by atoms with van der Waals surface area (Å²) in [6.07, 6.45) is 9.27. The van der Waals surface area contributed by atoms with E-state index in [1.165, 1.54) is 0 Å². The Morgan fingerprint density at radius 2 is 1.62 bits per heavy atom. The van der Waals surface area contributed by atoms with E-state index in [1.807, 2.05) is 53.8 Å². The SMILES string of the molecule is Cn1ccnc1C(NCc1ccccn1)c1nccn1C. The molecule has 3 heterocycles. The van der Waals surface area contributed by atoms with Gasteiger partial charge in [-0.1, -0.05) is 6.07 Å². The van der Waals surface area contributed by atoms with E-state index in [0.717, 1.165) is 17.3 Å². The summed E-state index contributed by atoms with van der Waals surface area (Å²) in [5.74, 6) is 1.86. The molecular formula is C15H18N6. The second-order valence-corrected chi connectivity index (χ2v) is 4.93. The number of imidazole rings is 2. The van der Waals surface area contributed by atoms with Gasteiger partial charge in [0, 0.05) is 51.6 Å². The first kappa shape index (κ1) is 13.5. The highest BCUT2D eigenvalue weighted by molar-refractivity contribution is 5.14. The number of pyridine rings is 1. The van der Waals surface area contributed by atoms with Gasteiger partial charge in [0.05, 0.1) is 5.69 Å². The molecule has 0 amide bonds. The molecule has 0 aliphatic carbocycles. The molecule has 0 bridgehead atoms. The molecule has 0 saturated heterocycles. The van der Waals surface area contributed by atoms with Crippen molar-refractivity contribution in [3.63, 3.8) is 0 Å². The highest BCUT2D eigenvalue weighted by Gasteiger charge is 2.21. The van der Waals surface area contributed by atoms with Crippen LogP contribution in [0.1, 0.15) is 23.4 Å². The largest absolute Gasteiger partial charge is 0.336 e. The molecule has 0 spiro atoms. The molecule has 108 valence electrons. The Morgan fingerprint density at radius 3 is 2.10 bits per heavy atom. The molecule has 6 nitrogen and oxygen atoms in total. The molecule has 0 radical (unpaired) electrons. The van der Waals surface area contributed by atoms with Gasteiger partial charge in [-0.2, -0.15) is 0 Å². The van der Waals surface area contributed by atoms with Crippen LogP contribution in [0.5, 0.6) is 0 Å². The molecule has 0 fully saturated rings. The number of nitrogens with one attached hydrogen (secondary N) is 1. The van der Waals surface area contributed by atoms with Crippen LogP contribution in [0.15, 0.2) is 49.2 Å². The van der Waals surface area contributed by atoms with Crippen LogP contribution in [0.3, 0.4) is 0 Å². The molecule has 3 rings (SSSR count). The Bertz CT molecular complexity index is 660. The molecule has 21 heavy (non-hydrogen) atoms. The van der Waals surface area contributed by atoms with Crippen molar-refractivity contribution in [1.29, 1.82) is 0 Å². The Balaban J connectivity index is 1.87.